The van der Waals surface area contributed by atoms with Crippen LogP contribution in [0.15, 0.2) is 0 Å². The van der Waals surface area contributed by atoms with Crippen LogP contribution in [0.25, 0.3) is 0 Å². The molecule has 0 amide bonds. The summed E-state index contributed by atoms with van der Waals surface area (Å²) in [6, 6.07) is 0.660. The molecule has 0 unspecified atom stereocenters. The number of nitrogens with one attached hydrogen (secondary N) is 1. The Balaban J connectivity index is 2.14. The average molecular weight is 121 g/mol. The van der Waals surface area contributed by atoms with Crippen molar-refractivity contribution in [1.29, 1.82) is 0 Å². The van der Waals surface area contributed by atoms with Gasteiger partial charge in [-0.1, -0.05) is 0 Å². The molecule has 0 bridgehead atoms. The minimum atomic E-state index is 0.660. The van der Waals surface area contributed by atoms with Crippen LogP contribution in [-0.2, 0) is 0 Å². The Bertz CT molecular complexity index is 51.7. The van der Waals surface area contributed by atoms with Gasteiger partial charge < -0.3 is 5.32 Å². The third kappa shape index (κ3) is 1.30. The predicted molar refractivity (Wildman–Crippen MR) is 30.3 cm³/mol. The quantitative estimate of drug-likeness (QED) is 0.389. The highest BCUT2D eigenvalue weighted by molar-refractivity contribution is 6.17. The Labute approximate surface area is 48.4 Å². The lowest BCUT2D eigenvalue weighted by molar-refractivity contribution is 0.392. The van der Waals surface area contributed by atoms with Gasteiger partial charge in [-0.05, 0) is 0 Å². The second-order valence-corrected chi connectivity index (χ2v) is 1.91. The lowest BCUT2D eigenvalue weighted by atomic mass is 10.7. The molecule has 1 fully saturated rings. The van der Waals surface area contributed by atoms with E-state index in [1.165, 1.54) is 0 Å². The first kappa shape index (κ1) is 5.35. The number of hydrogen-bond acceptors (Lipinski definition) is 2. The van der Waals surface area contributed by atoms with Crippen molar-refractivity contribution in [3.05, 3.63) is 0 Å². The van der Waals surface area contributed by atoms with E-state index in [0.717, 1.165) is 19.8 Å². The summed E-state index contributed by atoms with van der Waals surface area (Å²) in [4.78, 5) is 2.14. The summed E-state index contributed by atoms with van der Waals surface area (Å²) in [6.45, 7) is 3.15. The Hall–Kier alpha value is 0.210. The van der Waals surface area contributed by atoms with Crippen LogP contribution in [0.2, 0.25) is 0 Å². The lowest BCUT2D eigenvalue weighted by Crippen LogP contribution is -2.19. The molecule has 2 nitrogen and oxygen atoms in total. The van der Waals surface area contributed by atoms with E-state index in [9.17, 15) is 0 Å². The summed E-state index contributed by atoms with van der Waals surface area (Å²) < 4.78 is 0. The van der Waals surface area contributed by atoms with Crippen LogP contribution in [0.4, 0.5) is 0 Å². The van der Waals surface area contributed by atoms with Crippen molar-refractivity contribution in [3.8, 4) is 0 Å². The normalized spacial score (nSPS) is 23.6. The van der Waals surface area contributed by atoms with Gasteiger partial charge in [0.15, 0.2) is 0 Å². The molecule has 0 aromatic rings. The Morgan fingerprint density at radius 2 is 2.57 bits per heavy atom. The molecule has 1 saturated heterocycles. The molecule has 1 aliphatic rings. The third-order valence-electron chi connectivity index (χ3n) is 1.11. The van der Waals surface area contributed by atoms with Gasteiger partial charge in [-0.25, -0.2) is 0 Å². The maximum Gasteiger partial charge on any atom is 0.0748 e. The molecular weight excluding hydrogens is 112 g/mol. The fraction of sp³-hybridized carbons (Fsp3) is 1.00. The molecule has 0 aromatic heterocycles. The van der Waals surface area contributed by atoms with E-state index < -0.39 is 0 Å². The van der Waals surface area contributed by atoms with Gasteiger partial charge in [0.25, 0.3) is 0 Å². The molecule has 42 valence electrons. The van der Waals surface area contributed by atoms with Gasteiger partial charge >= 0.3 is 0 Å². The van der Waals surface area contributed by atoms with Crippen LogP contribution in [0.1, 0.15) is 0 Å². The van der Waals surface area contributed by atoms with Crippen LogP contribution in [0.5, 0.6) is 0 Å². The largest absolute Gasteiger partial charge is 0.303 e. The Morgan fingerprint density at radius 1 is 1.71 bits per heavy atom. The number of rotatable bonds is 1. The fourth-order valence-corrected chi connectivity index (χ4v) is 0.859. The summed E-state index contributed by atoms with van der Waals surface area (Å²) in [6.07, 6.45) is 0. The van der Waals surface area contributed by atoms with Crippen molar-refractivity contribution in [2.24, 2.45) is 0 Å². The summed E-state index contributed by atoms with van der Waals surface area (Å²) >= 11 is 5.49. The summed E-state index contributed by atoms with van der Waals surface area (Å²) in [5.41, 5.74) is 0. The van der Waals surface area contributed by atoms with E-state index in [0.29, 0.717) is 6.00 Å². The molecule has 0 saturated carbocycles. The Kier molecular flexibility index (Phi) is 1.91. The lowest BCUT2D eigenvalue weighted by Gasteiger charge is -2.05. The SMILES string of the molecule is ClCN1CCNC1. The molecule has 0 atom stereocenters. The van der Waals surface area contributed by atoms with Crippen molar-refractivity contribution in [2.75, 3.05) is 25.8 Å². The van der Waals surface area contributed by atoms with Crippen molar-refractivity contribution >= 4 is 11.6 Å². The van der Waals surface area contributed by atoms with Crippen molar-refractivity contribution in [2.45, 2.75) is 0 Å². The highest BCUT2D eigenvalue weighted by Gasteiger charge is 2.06. The molecule has 0 aromatic carbocycles. The zero-order chi connectivity index (χ0) is 5.11. The van der Waals surface area contributed by atoms with Crippen LogP contribution in [0.3, 0.4) is 0 Å². The second kappa shape index (κ2) is 2.50. The first-order valence-electron chi connectivity index (χ1n) is 2.42. The highest BCUT2D eigenvalue weighted by Crippen LogP contribution is 1.91. The third-order valence-corrected chi connectivity index (χ3v) is 1.45. The number of halogens is 1. The molecular formula is C4H9ClN2. The predicted octanol–water partition coefficient (Wildman–Crippen LogP) is 0.0454. The minimum Gasteiger partial charge on any atom is -0.303 e. The first-order chi connectivity index (χ1) is 3.43. The van der Waals surface area contributed by atoms with Gasteiger partial charge in [-0.3, -0.25) is 4.90 Å². The zero-order valence-electron chi connectivity index (χ0n) is 4.15. The number of nitrogens with zero attached hydrogens (tertiary/aromatic N) is 1. The van der Waals surface area contributed by atoms with Gasteiger partial charge in [0.1, 0.15) is 0 Å². The average Bonchev–Trinajstić information content (AvgIpc) is 2.14. The van der Waals surface area contributed by atoms with Gasteiger partial charge in [0.2, 0.25) is 0 Å². The fourth-order valence-electron chi connectivity index (χ4n) is 0.655. The number of alkyl halides is 1. The van der Waals surface area contributed by atoms with E-state index in [2.05, 4.69) is 10.2 Å². The molecule has 0 spiro atoms. The summed E-state index contributed by atoms with van der Waals surface area (Å²) in [5.74, 6) is 0. The van der Waals surface area contributed by atoms with Crippen LogP contribution in [-0.4, -0.2) is 30.7 Å². The highest BCUT2D eigenvalue weighted by atomic mass is 35.5. The maximum atomic E-state index is 5.49. The molecule has 1 N–H and O–H groups in total. The van der Waals surface area contributed by atoms with Gasteiger partial charge in [0, 0.05) is 19.8 Å². The minimum absolute atomic E-state index is 0.660. The maximum absolute atomic E-state index is 5.49. The molecule has 0 radical (unpaired) electrons. The smallest absolute Gasteiger partial charge is 0.0748 e. The summed E-state index contributed by atoms with van der Waals surface area (Å²) in [7, 11) is 0. The van der Waals surface area contributed by atoms with E-state index in [4.69, 9.17) is 11.6 Å². The molecule has 3 heteroatoms. The standard InChI is InChI=1S/C4H9ClN2/c5-3-7-2-1-6-4-7/h6H,1-4H2. The van der Waals surface area contributed by atoms with Crippen molar-refractivity contribution in [1.82, 2.24) is 10.2 Å². The number of hydrogen-bond donors (Lipinski definition) is 1. The van der Waals surface area contributed by atoms with Crippen molar-refractivity contribution in [3.63, 3.8) is 0 Å². The zero-order valence-corrected chi connectivity index (χ0v) is 4.91. The topological polar surface area (TPSA) is 15.3 Å². The van der Waals surface area contributed by atoms with E-state index in [1.54, 1.807) is 0 Å². The molecule has 7 heavy (non-hydrogen) atoms. The van der Waals surface area contributed by atoms with Crippen molar-refractivity contribution < 1.29 is 0 Å². The van der Waals surface area contributed by atoms with Crippen LogP contribution < -0.4 is 5.32 Å². The molecule has 1 rings (SSSR count). The van der Waals surface area contributed by atoms with E-state index >= 15 is 0 Å². The van der Waals surface area contributed by atoms with E-state index in [-0.39, 0.29) is 0 Å². The van der Waals surface area contributed by atoms with Gasteiger partial charge in [-0.2, -0.15) is 0 Å². The molecule has 1 heterocycles. The van der Waals surface area contributed by atoms with Crippen LogP contribution >= 0.6 is 11.6 Å². The van der Waals surface area contributed by atoms with Crippen LogP contribution in [0, 0.1) is 0 Å². The summed E-state index contributed by atoms with van der Waals surface area (Å²) in [5, 5.41) is 3.16. The van der Waals surface area contributed by atoms with Gasteiger partial charge in [0.05, 0.1) is 6.00 Å². The first-order valence-corrected chi connectivity index (χ1v) is 2.96. The van der Waals surface area contributed by atoms with E-state index in [1.807, 2.05) is 0 Å². The second-order valence-electron chi connectivity index (χ2n) is 1.67. The Morgan fingerprint density at radius 3 is 2.86 bits per heavy atom. The van der Waals surface area contributed by atoms with Gasteiger partial charge in [-0.15, -0.1) is 11.6 Å². The molecule has 1 aliphatic heterocycles. The molecule has 0 aliphatic carbocycles. The monoisotopic (exact) mass is 120 g/mol.